The van der Waals surface area contributed by atoms with E-state index in [4.69, 9.17) is 11.6 Å². The quantitative estimate of drug-likeness (QED) is 0.776. The number of hydrogen-bond acceptors (Lipinski definition) is 3. The summed E-state index contributed by atoms with van der Waals surface area (Å²) < 4.78 is 41.9. The second-order valence-electron chi connectivity index (χ2n) is 3.33. The van der Waals surface area contributed by atoms with Gasteiger partial charge in [0, 0.05) is 12.6 Å². The standard InChI is InChI=1S/C10H10BrClF3NO2/c11-7-1-5(13)2-8(9(7)18-10(14)15)16-4-6(17)3-12/h1-2,6,10,16-17H,3-4H2. The van der Waals surface area contributed by atoms with Crippen molar-refractivity contribution < 1.29 is 23.0 Å². The van der Waals surface area contributed by atoms with Gasteiger partial charge in [-0.1, -0.05) is 0 Å². The van der Waals surface area contributed by atoms with Crippen LogP contribution in [0.2, 0.25) is 0 Å². The molecule has 0 heterocycles. The third kappa shape index (κ3) is 4.55. The van der Waals surface area contributed by atoms with E-state index in [9.17, 15) is 18.3 Å². The fraction of sp³-hybridized carbons (Fsp3) is 0.400. The van der Waals surface area contributed by atoms with Crippen molar-refractivity contribution in [3.8, 4) is 5.75 Å². The average Bonchev–Trinajstić information content (AvgIpc) is 2.29. The van der Waals surface area contributed by atoms with Crippen LogP contribution in [0.1, 0.15) is 0 Å². The summed E-state index contributed by atoms with van der Waals surface area (Å²) in [5, 5.41) is 11.8. The third-order valence-corrected chi connectivity index (χ3v) is 2.87. The second-order valence-corrected chi connectivity index (χ2v) is 4.49. The maximum Gasteiger partial charge on any atom is 0.387 e. The van der Waals surface area contributed by atoms with Crippen LogP contribution in [0.3, 0.4) is 0 Å². The summed E-state index contributed by atoms with van der Waals surface area (Å²) in [6.07, 6.45) is -0.881. The lowest BCUT2D eigenvalue weighted by atomic mass is 10.2. The van der Waals surface area contributed by atoms with Crippen molar-refractivity contribution in [1.29, 1.82) is 0 Å². The molecule has 3 nitrogen and oxygen atoms in total. The molecular formula is C10H10BrClF3NO2. The van der Waals surface area contributed by atoms with Gasteiger partial charge in [-0.05, 0) is 22.0 Å². The molecule has 102 valence electrons. The van der Waals surface area contributed by atoms with E-state index in [-0.39, 0.29) is 28.3 Å². The van der Waals surface area contributed by atoms with Gasteiger partial charge in [0.15, 0.2) is 5.75 Å². The first-order valence-corrected chi connectivity index (χ1v) is 6.18. The first-order valence-electron chi connectivity index (χ1n) is 4.85. The lowest BCUT2D eigenvalue weighted by Crippen LogP contribution is -2.21. The number of alkyl halides is 3. The van der Waals surface area contributed by atoms with E-state index in [0.29, 0.717) is 0 Å². The van der Waals surface area contributed by atoms with Crippen LogP contribution in [0, 0.1) is 5.82 Å². The summed E-state index contributed by atoms with van der Waals surface area (Å²) in [7, 11) is 0. The Morgan fingerprint density at radius 2 is 2.11 bits per heavy atom. The Hall–Kier alpha value is -0.660. The predicted molar refractivity (Wildman–Crippen MR) is 65.9 cm³/mol. The smallest absolute Gasteiger partial charge is 0.387 e. The molecule has 8 heteroatoms. The molecule has 1 aromatic rings. The minimum absolute atomic E-state index is 0.00587. The Morgan fingerprint density at radius 1 is 1.44 bits per heavy atom. The topological polar surface area (TPSA) is 41.5 Å². The highest BCUT2D eigenvalue weighted by Gasteiger charge is 2.16. The van der Waals surface area contributed by atoms with Crippen molar-refractivity contribution >= 4 is 33.2 Å². The van der Waals surface area contributed by atoms with Crippen LogP contribution in [-0.2, 0) is 0 Å². The molecule has 0 aromatic heterocycles. The van der Waals surface area contributed by atoms with E-state index < -0.39 is 18.5 Å². The summed E-state index contributed by atoms with van der Waals surface area (Å²) >= 11 is 8.30. The van der Waals surface area contributed by atoms with Crippen molar-refractivity contribution in [2.75, 3.05) is 17.7 Å². The number of halogens is 5. The molecule has 0 saturated heterocycles. The Morgan fingerprint density at radius 3 is 2.67 bits per heavy atom. The average molecular weight is 349 g/mol. The molecule has 0 aliphatic carbocycles. The van der Waals surface area contributed by atoms with Crippen LogP contribution in [0.4, 0.5) is 18.9 Å². The van der Waals surface area contributed by atoms with Crippen LogP contribution in [0.25, 0.3) is 0 Å². The van der Waals surface area contributed by atoms with Crippen molar-refractivity contribution in [3.05, 3.63) is 22.4 Å². The zero-order valence-corrected chi connectivity index (χ0v) is 11.3. The minimum Gasteiger partial charge on any atom is -0.431 e. The highest BCUT2D eigenvalue weighted by Crippen LogP contribution is 2.35. The van der Waals surface area contributed by atoms with E-state index in [2.05, 4.69) is 26.0 Å². The Kier molecular flexibility index (Phi) is 6.04. The van der Waals surface area contributed by atoms with Crippen molar-refractivity contribution in [2.45, 2.75) is 12.7 Å². The number of ether oxygens (including phenoxy) is 1. The fourth-order valence-corrected chi connectivity index (χ4v) is 1.82. The fourth-order valence-electron chi connectivity index (χ4n) is 1.18. The van der Waals surface area contributed by atoms with Crippen molar-refractivity contribution in [1.82, 2.24) is 0 Å². The molecule has 1 unspecified atom stereocenters. The molecule has 2 N–H and O–H groups in total. The van der Waals surface area contributed by atoms with Gasteiger partial charge in [-0.3, -0.25) is 0 Å². The molecule has 0 amide bonds. The zero-order valence-electron chi connectivity index (χ0n) is 8.97. The highest BCUT2D eigenvalue weighted by atomic mass is 79.9. The van der Waals surface area contributed by atoms with Crippen LogP contribution in [-0.4, -0.2) is 30.2 Å². The van der Waals surface area contributed by atoms with Gasteiger partial charge < -0.3 is 15.2 Å². The molecule has 18 heavy (non-hydrogen) atoms. The molecule has 0 aliphatic heterocycles. The van der Waals surface area contributed by atoms with E-state index in [0.717, 1.165) is 12.1 Å². The molecule has 0 aliphatic rings. The monoisotopic (exact) mass is 347 g/mol. The van der Waals surface area contributed by atoms with Gasteiger partial charge in [-0.25, -0.2) is 4.39 Å². The summed E-state index contributed by atoms with van der Waals surface area (Å²) in [5.74, 6) is -0.895. The summed E-state index contributed by atoms with van der Waals surface area (Å²) in [5.41, 5.74) is 0.00587. The number of rotatable bonds is 6. The lowest BCUT2D eigenvalue weighted by molar-refractivity contribution is -0.0499. The largest absolute Gasteiger partial charge is 0.431 e. The number of aliphatic hydroxyl groups excluding tert-OH is 1. The van der Waals surface area contributed by atoms with Gasteiger partial charge >= 0.3 is 6.61 Å². The molecule has 0 saturated carbocycles. The molecular weight excluding hydrogens is 338 g/mol. The third-order valence-electron chi connectivity index (χ3n) is 1.92. The van der Waals surface area contributed by atoms with E-state index in [1.807, 2.05) is 0 Å². The molecule has 0 spiro atoms. The van der Waals surface area contributed by atoms with E-state index in [1.165, 1.54) is 0 Å². The molecule has 0 bridgehead atoms. The first-order chi connectivity index (χ1) is 8.43. The van der Waals surface area contributed by atoms with Crippen molar-refractivity contribution in [2.24, 2.45) is 0 Å². The highest BCUT2D eigenvalue weighted by molar-refractivity contribution is 9.10. The number of hydrogen-bond donors (Lipinski definition) is 2. The van der Waals surface area contributed by atoms with E-state index in [1.54, 1.807) is 0 Å². The Bertz CT molecular complexity index is 409. The van der Waals surface area contributed by atoms with Gasteiger partial charge in [0.2, 0.25) is 0 Å². The van der Waals surface area contributed by atoms with Gasteiger partial charge in [-0.2, -0.15) is 8.78 Å². The molecule has 1 aromatic carbocycles. The Labute approximate surface area is 115 Å². The Balaban J connectivity index is 2.92. The van der Waals surface area contributed by atoms with Crippen molar-refractivity contribution in [3.63, 3.8) is 0 Å². The van der Waals surface area contributed by atoms with Crippen LogP contribution >= 0.6 is 27.5 Å². The van der Waals surface area contributed by atoms with Crippen LogP contribution in [0.5, 0.6) is 5.75 Å². The zero-order chi connectivity index (χ0) is 13.7. The normalized spacial score (nSPS) is 12.6. The van der Waals surface area contributed by atoms with Gasteiger partial charge in [0.05, 0.1) is 22.1 Å². The number of anilines is 1. The maximum absolute atomic E-state index is 13.2. The van der Waals surface area contributed by atoms with Gasteiger partial charge in [0.25, 0.3) is 0 Å². The molecule has 0 radical (unpaired) electrons. The van der Waals surface area contributed by atoms with E-state index >= 15 is 0 Å². The summed E-state index contributed by atoms with van der Waals surface area (Å²) in [6, 6.07) is 1.99. The molecule has 1 atom stereocenters. The summed E-state index contributed by atoms with van der Waals surface area (Å²) in [4.78, 5) is 0. The van der Waals surface area contributed by atoms with Crippen LogP contribution in [0.15, 0.2) is 16.6 Å². The van der Waals surface area contributed by atoms with Gasteiger partial charge in [0.1, 0.15) is 5.82 Å². The maximum atomic E-state index is 13.2. The predicted octanol–water partition coefficient (Wildman–Crippen LogP) is 3.20. The SMILES string of the molecule is OC(CCl)CNc1cc(F)cc(Br)c1OC(F)F. The minimum atomic E-state index is -3.04. The first kappa shape index (κ1) is 15.4. The number of benzene rings is 1. The summed E-state index contributed by atoms with van der Waals surface area (Å²) in [6.45, 7) is -3.05. The molecule has 1 rings (SSSR count). The number of aliphatic hydroxyl groups is 1. The second kappa shape index (κ2) is 7.06. The lowest BCUT2D eigenvalue weighted by Gasteiger charge is -2.16. The number of nitrogens with one attached hydrogen (secondary N) is 1. The van der Waals surface area contributed by atoms with Gasteiger partial charge in [-0.15, -0.1) is 11.6 Å². The van der Waals surface area contributed by atoms with Crippen LogP contribution < -0.4 is 10.1 Å². The molecule has 0 fully saturated rings.